The first-order valence-corrected chi connectivity index (χ1v) is 6.09. The maximum atomic E-state index is 13.6. The first-order valence-electron chi connectivity index (χ1n) is 6.09. The van der Waals surface area contributed by atoms with Crippen LogP contribution in [0.25, 0.3) is 5.82 Å². The molecule has 3 aromatic rings. The second-order valence-corrected chi connectivity index (χ2v) is 4.30. The van der Waals surface area contributed by atoms with Crippen molar-refractivity contribution >= 4 is 5.82 Å². The van der Waals surface area contributed by atoms with Crippen molar-refractivity contribution in [2.75, 3.05) is 5.32 Å². The van der Waals surface area contributed by atoms with Crippen molar-refractivity contribution in [2.45, 2.75) is 6.54 Å². The molecule has 0 radical (unpaired) electrons. The van der Waals surface area contributed by atoms with Gasteiger partial charge in [-0.05, 0) is 12.1 Å². The molecule has 1 N–H and O–H groups in total. The highest BCUT2D eigenvalue weighted by molar-refractivity contribution is 5.36. The van der Waals surface area contributed by atoms with Gasteiger partial charge in [-0.15, -0.1) is 5.10 Å². The van der Waals surface area contributed by atoms with Crippen LogP contribution in [0, 0.1) is 5.82 Å². The molecule has 0 aliphatic heterocycles. The fraction of sp³-hybridized carbons (Fsp3) is 0.154. The van der Waals surface area contributed by atoms with E-state index in [2.05, 4.69) is 20.4 Å². The molecule has 3 aromatic heterocycles. The van der Waals surface area contributed by atoms with E-state index in [1.54, 1.807) is 30.9 Å². The molecule has 0 amide bonds. The topological polar surface area (TPSA) is 60.6 Å². The second kappa shape index (κ2) is 5.12. The number of anilines is 1. The number of halogens is 1. The maximum Gasteiger partial charge on any atom is 0.189 e. The van der Waals surface area contributed by atoms with Crippen molar-refractivity contribution in [1.82, 2.24) is 24.3 Å². The molecule has 0 atom stereocenters. The van der Waals surface area contributed by atoms with Crippen molar-refractivity contribution in [3.8, 4) is 5.82 Å². The third-order valence-electron chi connectivity index (χ3n) is 2.91. The Bertz CT molecular complexity index is 717. The predicted molar refractivity (Wildman–Crippen MR) is 71.9 cm³/mol. The van der Waals surface area contributed by atoms with Gasteiger partial charge in [-0.1, -0.05) is 0 Å². The van der Waals surface area contributed by atoms with Crippen LogP contribution < -0.4 is 5.32 Å². The van der Waals surface area contributed by atoms with E-state index in [0.717, 1.165) is 5.69 Å². The van der Waals surface area contributed by atoms with Crippen LogP contribution in [0.15, 0.2) is 43.1 Å². The number of imidazole rings is 1. The number of aryl methyl sites for hydroxylation is 1. The first-order chi connectivity index (χ1) is 9.74. The lowest BCUT2D eigenvalue weighted by Gasteiger charge is -2.04. The average Bonchev–Trinajstić information content (AvgIpc) is 3.06. The minimum Gasteiger partial charge on any atom is -0.363 e. The summed E-state index contributed by atoms with van der Waals surface area (Å²) in [4.78, 5) is 8.01. The summed E-state index contributed by atoms with van der Waals surface area (Å²) < 4.78 is 16.9. The van der Waals surface area contributed by atoms with Gasteiger partial charge < -0.3 is 9.88 Å². The van der Waals surface area contributed by atoms with E-state index in [0.29, 0.717) is 12.4 Å². The Hall–Kier alpha value is -2.70. The summed E-state index contributed by atoms with van der Waals surface area (Å²) in [6, 6.07) is 4.67. The number of hydrogen-bond donors (Lipinski definition) is 1. The average molecular weight is 272 g/mol. The lowest BCUT2D eigenvalue weighted by molar-refractivity contribution is 0.601. The molecule has 0 aromatic carbocycles. The molecule has 0 saturated carbocycles. The van der Waals surface area contributed by atoms with Crippen molar-refractivity contribution < 1.29 is 4.39 Å². The normalized spacial score (nSPS) is 10.7. The Labute approximate surface area is 114 Å². The van der Waals surface area contributed by atoms with Gasteiger partial charge >= 0.3 is 0 Å². The molecule has 6 nitrogen and oxygen atoms in total. The highest BCUT2D eigenvalue weighted by atomic mass is 19.1. The summed E-state index contributed by atoms with van der Waals surface area (Å²) in [5, 5.41) is 7.40. The van der Waals surface area contributed by atoms with E-state index >= 15 is 0 Å². The summed E-state index contributed by atoms with van der Waals surface area (Å²) in [6.07, 6.45) is 6.71. The van der Waals surface area contributed by atoms with Gasteiger partial charge in [0.1, 0.15) is 5.82 Å². The Kier molecular flexibility index (Phi) is 3.16. The quantitative estimate of drug-likeness (QED) is 0.786. The van der Waals surface area contributed by atoms with Crippen LogP contribution in [0.1, 0.15) is 5.69 Å². The molecule has 0 aliphatic carbocycles. The third-order valence-corrected chi connectivity index (χ3v) is 2.91. The smallest absolute Gasteiger partial charge is 0.189 e. The predicted octanol–water partition coefficient (Wildman–Crippen LogP) is 1.75. The molecule has 0 bridgehead atoms. The van der Waals surface area contributed by atoms with Gasteiger partial charge in [-0.2, -0.15) is 0 Å². The molecule has 20 heavy (non-hydrogen) atoms. The summed E-state index contributed by atoms with van der Waals surface area (Å²) in [5.41, 5.74) is 1.03. The van der Waals surface area contributed by atoms with Crippen LogP contribution in [0.3, 0.4) is 0 Å². The molecule has 0 aliphatic rings. The standard InChI is InChI=1S/C13H13FN6/c1-19-9-15-7-10(19)8-17-12-4-6-20(18-12)13-11(14)3-2-5-16-13/h2-7,9H,8H2,1H3,(H,17,18). The highest BCUT2D eigenvalue weighted by Gasteiger charge is 2.07. The fourth-order valence-corrected chi connectivity index (χ4v) is 1.82. The van der Waals surface area contributed by atoms with Crippen LogP contribution in [-0.2, 0) is 13.6 Å². The molecule has 0 spiro atoms. The minimum atomic E-state index is -0.409. The van der Waals surface area contributed by atoms with Gasteiger partial charge in [0, 0.05) is 31.7 Å². The second-order valence-electron chi connectivity index (χ2n) is 4.30. The van der Waals surface area contributed by atoms with Crippen molar-refractivity contribution in [1.29, 1.82) is 0 Å². The largest absolute Gasteiger partial charge is 0.363 e. The van der Waals surface area contributed by atoms with Gasteiger partial charge in [0.2, 0.25) is 0 Å². The summed E-state index contributed by atoms with van der Waals surface area (Å²) in [7, 11) is 1.92. The highest BCUT2D eigenvalue weighted by Crippen LogP contribution is 2.12. The van der Waals surface area contributed by atoms with E-state index in [-0.39, 0.29) is 5.82 Å². The van der Waals surface area contributed by atoms with Crippen LogP contribution >= 0.6 is 0 Å². The van der Waals surface area contributed by atoms with Crippen molar-refractivity contribution in [3.05, 3.63) is 54.6 Å². The number of pyridine rings is 1. The third kappa shape index (κ3) is 2.37. The molecule has 0 saturated heterocycles. The Morgan fingerprint density at radius 1 is 1.35 bits per heavy atom. The zero-order valence-electron chi connectivity index (χ0n) is 10.9. The molecule has 0 fully saturated rings. The Morgan fingerprint density at radius 3 is 3.00 bits per heavy atom. The molecule has 102 valence electrons. The zero-order valence-corrected chi connectivity index (χ0v) is 10.9. The zero-order chi connectivity index (χ0) is 13.9. The first kappa shape index (κ1) is 12.3. The molecule has 7 heteroatoms. The van der Waals surface area contributed by atoms with E-state index in [9.17, 15) is 4.39 Å². The number of hydrogen-bond acceptors (Lipinski definition) is 4. The summed E-state index contributed by atoms with van der Waals surface area (Å²) in [5.74, 6) is 0.422. The van der Waals surface area contributed by atoms with Crippen molar-refractivity contribution in [3.63, 3.8) is 0 Å². The summed E-state index contributed by atoms with van der Waals surface area (Å²) >= 11 is 0. The number of aromatic nitrogens is 5. The van der Waals surface area contributed by atoms with Crippen LogP contribution in [0.5, 0.6) is 0 Å². The van der Waals surface area contributed by atoms with Crippen LogP contribution in [0.4, 0.5) is 10.2 Å². The number of nitrogens with zero attached hydrogens (tertiary/aromatic N) is 5. The minimum absolute atomic E-state index is 0.182. The lowest BCUT2D eigenvalue weighted by atomic mass is 10.4. The molecule has 3 heterocycles. The summed E-state index contributed by atoms with van der Waals surface area (Å²) in [6.45, 7) is 0.595. The van der Waals surface area contributed by atoms with Crippen molar-refractivity contribution in [2.24, 2.45) is 7.05 Å². The number of rotatable bonds is 4. The fourth-order valence-electron chi connectivity index (χ4n) is 1.82. The van der Waals surface area contributed by atoms with Gasteiger partial charge in [-0.25, -0.2) is 19.0 Å². The molecule has 3 rings (SSSR count). The van der Waals surface area contributed by atoms with Crippen LogP contribution in [0.2, 0.25) is 0 Å². The van der Waals surface area contributed by atoms with Gasteiger partial charge in [0.05, 0.1) is 18.6 Å². The van der Waals surface area contributed by atoms with E-state index in [1.807, 2.05) is 11.6 Å². The molecule has 0 unspecified atom stereocenters. The lowest BCUT2D eigenvalue weighted by Crippen LogP contribution is -2.06. The molecular formula is C13H13FN6. The van der Waals surface area contributed by atoms with E-state index in [1.165, 1.54) is 16.9 Å². The molecular weight excluding hydrogens is 259 g/mol. The van der Waals surface area contributed by atoms with Gasteiger partial charge in [-0.3, -0.25) is 0 Å². The number of nitrogens with one attached hydrogen (secondary N) is 1. The monoisotopic (exact) mass is 272 g/mol. The Morgan fingerprint density at radius 2 is 2.25 bits per heavy atom. The van der Waals surface area contributed by atoms with E-state index in [4.69, 9.17) is 0 Å². The van der Waals surface area contributed by atoms with Gasteiger partial charge in [0.25, 0.3) is 0 Å². The maximum absolute atomic E-state index is 13.6. The van der Waals surface area contributed by atoms with E-state index < -0.39 is 5.82 Å². The van der Waals surface area contributed by atoms with Crippen LogP contribution in [-0.4, -0.2) is 24.3 Å². The SMILES string of the molecule is Cn1cncc1CNc1ccn(-c2ncccc2F)n1. The Balaban J connectivity index is 1.74. The van der Waals surface area contributed by atoms with Gasteiger partial charge in [0.15, 0.2) is 11.6 Å².